The van der Waals surface area contributed by atoms with E-state index in [9.17, 15) is 4.79 Å². The molecule has 0 aromatic carbocycles. The van der Waals surface area contributed by atoms with Crippen molar-refractivity contribution in [1.82, 2.24) is 14.9 Å². The van der Waals surface area contributed by atoms with Crippen molar-refractivity contribution >= 4 is 11.6 Å². The Morgan fingerprint density at radius 2 is 2.19 bits per heavy atom. The SMILES string of the molecule is CCCCN(CCO)C(=O)c1nc(C(C)C)ncc1NN. The van der Waals surface area contributed by atoms with E-state index in [2.05, 4.69) is 22.3 Å². The number of hydrogen-bond donors (Lipinski definition) is 3. The Kier molecular flexibility index (Phi) is 7.04. The van der Waals surface area contributed by atoms with Crippen molar-refractivity contribution in [3.63, 3.8) is 0 Å². The van der Waals surface area contributed by atoms with Crippen LogP contribution in [0.3, 0.4) is 0 Å². The molecule has 0 aliphatic heterocycles. The number of aliphatic hydroxyl groups excluding tert-OH is 1. The number of nitrogens with zero attached hydrogens (tertiary/aromatic N) is 3. The van der Waals surface area contributed by atoms with E-state index in [-0.39, 0.29) is 30.7 Å². The van der Waals surface area contributed by atoms with Gasteiger partial charge in [-0.05, 0) is 6.42 Å². The highest BCUT2D eigenvalue weighted by Crippen LogP contribution is 2.17. The fourth-order valence-corrected chi connectivity index (χ4v) is 1.88. The average Bonchev–Trinajstić information content (AvgIpc) is 2.49. The highest BCUT2D eigenvalue weighted by Gasteiger charge is 2.21. The topological polar surface area (TPSA) is 104 Å². The number of amides is 1. The Hall–Kier alpha value is -1.73. The van der Waals surface area contributed by atoms with Crippen molar-refractivity contribution < 1.29 is 9.90 Å². The monoisotopic (exact) mass is 295 g/mol. The van der Waals surface area contributed by atoms with Crippen molar-refractivity contribution in [2.24, 2.45) is 5.84 Å². The summed E-state index contributed by atoms with van der Waals surface area (Å²) >= 11 is 0. The Labute approximate surface area is 125 Å². The summed E-state index contributed by atoms with van der Waals surface area (Å²) in [7, 11) is 0. The maximum absolute atomic E-state index is 12.6. The van der Waals surface area contributed by atoms with Gasteiger partial charge in [0.05, 0.1) is 18.5 Å². The van der Waals surface area contributed by atoms with Gasteiger partial charge in [0.1, 0.15) is 5.82 Å². The van der Waals surface area contributed by atoms with Crippen LogP contribution in [0.4, 0.5) is 5.69 Å². The van der Waals surface area contributed by atoms with Crippen LogP contribution in [0.2, 0.25) is 0 Å². The van der Waals surface area contributed by atoms with Gasteiger partial charge in [0.2, 0.25) is 0 Å². The molecule has 0 aliphatic rings. The van der Waals surface area contributed by atoms with Crippen molar-refractivity contribution in [2.75, 3.05) is 25.1 Å². The molecule has 1 aromatic heterocycles. The van der Waals surface area contributed by atoms with Gasteiger partial charge in [-0.15, -0.1) is 0 Å². The van der Waals surface area contributed by atoms with Crippen molar-refractivity contribution in [2.45, 2.75) is 39.5 Å². The molecule has 0 saturated heterocycles. The van der Waals surface area contributed by atoms with E-state index in [0.29, 0.717) is 18.1 Å². The van der Waals surface area contributed by atoms with Crippen LogP contribution in [0.25, 0.3) is 0 Å². The number of hydrogen-bond acceptors (Lipinski definition) is 6. The summed E-state index contributed by atoms with van der Waals surface area (Å²) in [6.07, 6.45) is 3.37. The van der Waals surface area contributed by atoms with Crippen LogP contribution < -0.4 is 11.3 Å². The Morgan fingerprint density at radius 1 is 1.48 bits per heavy atom. The number of hydrazine groups is 1. The molecule has 0 unspecified atom stereocenters. The van der Waals surface area contributed by atoms with E-state index in [4.69, 9.17) is 10.9 Å². The number of aromatic nitrogens is 2. The summed E-state index contributed by atoms with van der Waals surface area (Å²) in [5.41, 5.74) is 3.10. The van der Waals surface area contributed by atoms with E-state index in [0.717, 1.165) is 12.8 Å². The van der Waals surface area contributed by atoms with Crippen LogP contribution in [-0.4, -0.2) is 45.6 Å². The van der Waals surface area contributed by atoms with Gasteiger partial charge in [-0.3, -0.25) is 10.6 Å². The first kappa shape index (κ1) is 17.3. The third-order valence-electron chi connectivity index (χ3n) is 3.12. The molecular weight excluding hydrogens is 270 g/mol. The minimum Gasteiger partial charge on any atom is -0.395 e. The largest absolute Gasteiger partial charge is 0.395 e. The first-order valence-corrected chi connectivity index (χ1v) is 7.28. The predicted octanol–water partition coefficient (Wildman–Crippen LogP) is 1.12. The molecule has 21 heavy (non-hydrogen) atoms. The van der Waals surface area contributed by atoms with E-state index < -0.39 is 0 Å². The number of nitrogen functional groups attached to an aromatic ring is 1. The summed E-state index contributed by atoms with van der Waals surface area (Å²) in [5.74, 6) is 5.91. The number of rotatable bonds is 8. The smallest absolute Gasteiger partial charge is 0.274 e. The number of nitrogens with two attached hydrogens (primary N) is 1. The van der Waals surface area contributed by atoms with Gasteiger partial charge < -0.3 is 15.4 Å². The molecule has 7 heteroatoms. The minimum absolute atomic E-state index is 0.0804. The second kappa shape index (κ2) is 8.53. The maximum Gasteiger partial charge on any atom is 0.274 e. The second-order valence-electron chi connectivity index (χ2n) is 5.16. The summed E-state index contributed by atoms with van der Waals surface area (Å²) in [4.78, 5) is 22.7. The zero-order valence-electron chi connectivity index (χ0n) is 13.0. The molecule has 1 amide bonds. The number of nitrogens with one attached hydrogen (secondary N) is 1. The van der Waals surface area contributed by atoms with Crippen LogP contribution in [-0.2, 0) is 0 Å². The van der Waals surface area contributed by atoms with Gasteiger partial charge in [-0.2, -0.15) is 0 Å². The van der Waals surface area contributed by atoms with E-state index in [1.54, 1.807) is 4.90 Å². The molecule has 0 aliphatic carbocycles. The standard InChI is InChI=1S/C14H25N5O2/c1-4-5-6-19(7-8-20)14(21)12-11(18-15)9-16-13(17-12)10(2)3/h9-10,18,20H,4-8,15H2,1-3H3. The predicted molar refractivity (Wildman–Crippen MR) is 81.8 cm³/mol. The van der Waals surface area contributed by atoms with Gasteiger partial charge in [0.25, 0.3) is 5.91 Å². The molecule has 0 saturated carbocycles. The quantitative estimate of drug-likeness (QED) is 0.490. The summed E-state index contributed by atoms with van der Waals surface area (Å²) in [6.45, 7) is 6.76. The molecule has 1 aromatic rings. The molecule has 1 heterocycles. The fraction of sp³-hybridized carbons (Fsp3) is 0.643. The number of anilines is 1. The molecular formula is C14H25N5O2. The first-order chi connectivity index (χ1) is 10.0. The minimum atomic E-state index is -0.241. The second-order valence-corrected chi connectivity index (χ2v) is 5.16. The lowest BCUT2D eigenvalue weighted by Gasteiger charge is -2.22. The highest BCUT2D eigenvalue weighted by molar-refractivity contribution is 5.97. The molecule has 1 rings (SSSR count). The molecule has 118 valence electrons. The van der Waals surface area contributed by atoms with E-state index in [1.807, 2.05) is 13.8 Å². The molecule has 0 radical (unpaired) electrons. The molecule has 4 N–H and O–H groups in total. The fourth-order valence-electron chi connectivity index (χ4n) is 1.88. The van der Waals surface area contributed by atoms with Gasteiger partial charge in [0, 0.05) is 19.0 Å². The van der Waals surface area contributed by atoms with Crippen LogP contribution in [0.1, 0.15) is 55.8 Å². The van der Waals surface area contributed by atoms with Crippen molar-refractivity contribution in [3.8, 4) is 0 Å². The van der Waals surface area contributed by atoms with Crippen LogP contribution in [0.5, 0.6) is 0 Å². The Morgan fingerprint density at radius 3 is 2.71 bits per heavy atom. The lowest BCUT2D eigenvalue weighted by molar-refractivity contribution is 0.0714. The Balaban J connectivity index is 3.08. The third kappa shape index (κ3) is 4.64. The van der Waals surface area contributed by atoms with Gasteiger partial charge in [0.15, 0.2) is 5.69 Å². The van der Waals surface area contributed by atoms with Crippen LogP contribution in [0.15, 0.2) is 6.20 Å². The van der Waals surface area contributed by atoms with Crippen LogP contribution >= 0.6 is 0 Å². The van der Waals surface area contributed by atoms with Gasteiger partial charge in [-0.1, -0.05) is 27.2 Å². The van der Waals surface area contributed by atoms with Crippen molar-refractivity contribution in [3.05, 3.63) is 17.7 Å². The van der Waals surface area contributed by atoms with Crippen LogP contribution in [0, 0.1) is 0 Å². The first-order valence-electron chi connectivity index (χ1n) is 7.28. The maximum atomic E-state index is 12.6. The zero-order chi connectivity index (χ0) is 15.8. The number of carbonyl (C=O) groups excluding carboxylic acids is 1. The number of carbonyl (C=O) groups is 1. The molecule has 0 atom stereocenters. The molecule has 0 bridgehead atoms. The summed E-state index contributed by atoms with van der Waals surface area (Å²) in [5, 5.41) is 9.13. The van der Waals surface area contributed by atoms with Crippen molar-refractivity contribution in [1.29, 1.82) is 0 Å². The number of aliphatic hydroxyl groups is 1. The zero-order valence-corrected chi connectivity index (χ0v) is 13.0. The van der Waals surface area contributed by atoms with E-state index in [1.165, 1.54) is 6.20 Å². The third-order valence-corrected chi connectivity index (χ3v) is 3.12. The lowest BCUT2D eigenvalue weighted by Crippen LogP contribution is -2.36. The Bertz CT molecular complexity index is 465. The average molecular weight is 295 g/mol. The lowest BCUT2D eigenvalue weighted by atomic mass is 10.2. The van der Waals surface area contributed by atoms with E-state index >= 15 is 0 Å². The number of unbranched alkanes of at least 4 members (excludes halogenated alkanes) is 1. The normalized spacial score (nSPS) is 10.8. The molecule has 7 nitrogen and oxygen atoms in total. The molecule has 0 fully saturated rings. The van der Waals surface area contributed by atoms with Gasteiger partial charge in [-0.25, -0.2) is 9.97 Å². The summed E-state index contributed by atoms with van der Waals surface area (Å²) in [6, 6.07) is 0. The summed E-state index contributed by atoms with van der Waals surface area (Å²) < 4.78 is 0. The van der Waals surface area contributed by atoms with Gasteiger partial charge >= 0.3 is 0 Å². The highest BCUT2D eigenvalue weighted by atomic mass is 16.3. The molecule has 0 spiro atoms.